The molecule has 0 saturated heterocycles. The van der Waals surface area contributed by atoms with E-state index in [1.807, 2.05) is 0 Å². The quantitative estimate of drug-likeness (QED) is 0.896. The van der Waals surface area contributed by atoms with Gasteiger partial charge in [0.2, 0.25) is 10.0 Å². The maximum absolute atomic E-state index is 12.3. The summed E-state index contributed by atoms with van der Waals surface area (Å²) < 4.78 is 27.2. The third-order valence-corrected chi connectivity index (χ3v) is 5.62. The Labute approximate surface area is 125 Å². The van der Waals surface area contributed by atoms with E-state index in [2.05, 4.69) is 4.72 Å². The average Bonchev–Trinajstić information content (AvgIpc) is 2.37. The fourth-order valence-corrected chi connectivity index (χ4v) is 4.14. The molecule has 0 atom stereocenters. The van der Waals surface area contributed by atoms with Crippen LogP contribution in [-0.4, -0.2) is 26.2 Å². The number of aryl methyl sites for hydroxylation is 1. The van der Waals surface area contributed by atoms with Crippen LogP contribution in [0.15, 0.2) is 23.1 Å². The molecule has 112 valence electrons. The molecule has 0 aromatic heterocycles. The molecule has 2 rings (SSSR count). The van der Waals surface area contributed by atoms with E-state index in [0.717, 1.165) is 25.7 Å². The molecule has 4 nitrogen and oxygen atoms in total. The van der Waals surface area contributed by atoms with E-state index in [1.54, 1.807) is 19.1 Å². The van der Waals surface area contributed by atoms with Crippen molar-refractivity contribution in [2.45, 2.75) is 43.6 Å². The second-order valence-electron chi connectivity index (χ2n) is 5.44. The summed E-state index contributed by atoms with van der Waals surface area (Å²) in [4.78, 5) is 0.276. The molecular formula is C14H20ClNO3S. The van der Waals surface area contributed by atoms with E-state index >= 15 is 0 Å². The summed E-state index contributed by atoms with van der Waals surface area (Å²) >= 11 is 5.84. The highest BCUT2D eigenvalue weighted by atomic mass is 35.5. The summed E-state index contributed by atoms with van der Waals surface area (Å²) in [5, 5.41) is 9.97. The van der Waals surface area contributed by atoms with Crippen LogP contribution < -0.4 is 4.72 Å². The molecule has 0 heterocycles. The SMILES string of the molecule is Cc1cc(Cl)ccc1S(=O)(=O)NCC1CCC(O)CC1. The molecule has 1 aliphatic rings. The van der Waals surface area contributed by atoms with E-state index in [9.17, 15) is 13.5 Å². The summed E-state index contributed by atoms with van der Waals surface area (Å²) in [6.45, 7) is 2.16. The monoisotopic (exact) mass is 317 g/mol. The van der Waals surface area contributed by atoms with Crippen LogP contribution in [-0.2, 0) is 10.0 Å². The largest absolute Gasteiger partial charge is 0.393 e. The van der Waals surface area contributed by atoms with Crippen LogP contribution in [0.25, 0.3) is 0 Å². The van der Waals surface area contributed by atoms with Crippen LogP contribution in [0.1, 0.15) is 31.2 Å². The molecule has 6 heteroatoms. The van der Waals surface area contributed by atoms with Gasteiger partial charge in [0.15, 0.2) is 0 Å². The van der Waals surface area contributed by atoms with Crippen molar-refractivity contribution >= 4 is 21.6 Å². The van der Waals surface area contributed by atoms with Gasteiger partial charge >= 0.3 is 0 Å². The number of rotatable bonds is 4. The first-order valence-electron chi connectivity index (χ1n) is 6.82. The Balaban J connectivity index is 2.00. The van der Waals surface area contributed by atoms with Gasteiger partial charge < -0.3 is 5.11 Å². The van der Waals surface area contributed by atoms with E-state index in [4.69, 9.17) is 11.6 Å². The normalized spacial score (nSPS) is 23.8. The van der Waals surface area contributed by atoms with Gasteiger partial charge in [-0.25, -0.2) is 13.1 Å². The van der Waals surface area contributed by atoms with E-state index in [-0.39, 0.29) is 11.0 Å². The van der Waals surface area contributed by atoms with Gasteiger partial charge in [-0.1, -0.05) is 11.6 Å². The fraction of sp³-hybridized carbons (Fsp3) is 0.571. The van der Waals surface area contributed by atoms with Crippen molar-refractivity contribution in [1.29, 1.82) is 0 Å². The molecule has 0 bridgehead atoms. The Morgan fingerprint density at radius 3 is 2.55 bits per heavy atom. The predicted molar refractivity (Wildman–Crippen MR) is 79.3 cm³/mol. The molecule has 1 saturated carbocycles. The molecular weight excluding hydrogens is 298 g/mol. The van der Waals surface area contributed by atoms with E-state index in [0.29, 0.717) is 23.0 Å². The van der Waals surface area contributed by atoms with Gasteiger partial charge in [-0.3, -0.25) is 0 Å². The standard InChI is InChI=1S/C14H20ClNO3S/c1-10-8-12(15)4-7-14(10)20(18,19)16-9-11-2-5-13(17)6-3-11/h4,7-8,11,13,16-17H,2-3,5-6,9H2,1H3. The first-order valence-corrected chi connectivity index (χ1v) is 8.68. The highest BCUT2D eigenvalue weighted by Gasteiger charge is 2.22. The van der Waals surface area contributed by atoms with Gasteiger partial charge in [0.25, 0.3) is 0 Å². The van der Waals surface area contributed by atoms with E-state index in [1.165, 1.54) is 6.07 Å². The zero-order valence-corrected chi connectivity index (χ0v) is 13.0. The van der Waals surface area contributed by atoms with Gasteiger partial charge in [-0.2, -0.15) is 0 Å². The summed E-state index contributed by atoms with van der Waals surface area (Å²) in [5.74, 6) is 0.306. The highest BCUT2D eigenvalue weighted by Crippen LogP contribution is 2.24. The number of hydrogen-bond donors (Lipinski definition) is 2. The van der Waals surface area contributed by atoms with Crippen LogP contribution in [0, 0.1) is 12.8 Å². The van der Waals surface area contributed by atoms with Crippen molar-refractivity contribution in [3.05, 3.63) is 28.8 Å². The minimum Gasteiger partial charge on any atom is -0.393 e. The van der Waals surface area contributed by atoms with Crippen molar-refractivity contribution in [2.24, 2.45) is 5.92 Å². The van der Waals surface area contributed by atoms with Crippen molar-refractivity contribution < 1.29 is 13.5 Å². The molecule has 2 N–H and O–H groups in total. The van der Waals surface area contributed by atoms with Gasteiger partial charge in [0.1, 0.15) is 0 Å². The molecule has 0 spiro atoms. The van der Waals surface area contributed by atoms with Crippen LogP contribution in [0.4, 0.5) is 0 Å². The lowest BCUT2D eigenvalue weighted by Gasteiger charge is -2.25. The van der Waals surface area contributed by atoms with Crippen molar-refractivity contribution in [3.63, 3.8) is 0 Å². The third-order valence-electron chi connectivity index (χ3n) is 3.80. The predicted octanol–water partition coefficient (Wildman–Crippen LogP) is 2.48. The molecule has 0 amide bonds. The first-order chi connectivity index (χ1) is 9.38. The van der Waals surface area contributed by atoms with Crippen LogP contribution in [0.3, 0.4) is 0 Å². The summed E-state index contributed by atoms with van der Waals surface area (Å²) in [5.41, 5.74) is 0.643. The minimum absolute atomic E-state index is 0.221. The first kappa shape index (κ1) is 15.8. The minimum atomic E-state index is -3.49. The average molecular weight is 318 g/mol. The maximum Gasteiger partial charge on any atom is 0.240 e. The second kappa shape index (κ2) is 6.43. The Bertz CT molecular complexity index is 566. The lowest BCUT2D eigenvalue weighted by atomic mass is 9.88. The zero-order chi connectivity index (χ0) is 14.8. The third kappa shape index (κ3) is 3.95. The van der Waals surface area contributed by atoms with Gasteiger partial charge in [-0.15, -0.1) is 0 Å². The lowest BCUT2D eigenvalue weighted by Crippen LogP contribution is -2.32. The molecule has 20 heavy (non-hydrogen) atoms. The van der Waals surface area contributed by atoms with Gasteiger partial charge in [0, 0.05) is 11.6 Å². The number of halogens is 1. The molecule has 1 aliphatic carbocycles. The van der Waals surface area contributed by atoms with Gasteiger partial charge in [-0.05, 0) is 62.3 Å². The van der Waals surface area contributed by atoms with Crippen LogP contribution in [0.2, 0.25) is 5.02 Å². The number of hydrogen-bond acceptors (Lipinski definition) is 3. The number of benzene rings is 1. The van der Waals surface area contributed by atoms with Crippen LogP contribution in [0.5, 0.6) is 0 Å². The molecule has 0 radical (unpaired) electrons. The van der Waals surface area contributed by atoms with Crippen molar-refractivity contribution in [3.8, 4) is 0 Å². The van der Waals surface area contributed by atoms with Gasteiger partial charge in [0.05, 0.1) is 11.0 Å². The van der Waals surface area contributed by atoms with Crippen molar-refractivity contribution in [1.82, 2.24) is 4.72 Å². The molecule has 1 aromatic carbocycles. The Hall–Kier alpha value is -0.620. The maximum atomic E-state index is 12.3. The molecule has 1 aromatic rings. The Morgan fingerprint density at radius 2 is 1.95 bits per heavy atom. The fourth-order valence-electron chi connectivity index (χ4n) is 2.57. The number of sulfonamides is 1. The number of aliphatic hydroxyl groups is 1. The Morgan fingerprint density at radius 1 is 1.30 bits per heavy atom. The topological polar surface area (TPSA) is 66.4 Å². The zero-order valence-electron chi connectivity index (χ0n) is 11.5. The number of aliphatic hydroxyl groups excluding tert-OH is 1. The summed E-state index contributed by atoms with van der Waals surface area (Å²) in [7, 11) is -3.49. The molecule has 0 aliphatic heterocycles. The highest BCUT2D eigenvalue weighted by molar-refractivity contribution is 7.89. The van der Waals surface area contributed by atoms with Crippen molar-refractivity contribution in [2.75, 3.05) is 6.54 Å². The number of nitrogens with one attached hydrogen (secondary N) is 1. The van der Waals surface area contributed by atoms with Crippen LogP contribution >= 0.6 is 11.6 Å². The smallest absolute Gasteiger partial charge is 0.240 e. The summed E-state index contributed by atoms with van der Waals surface area (Å²) in [6, 6.07) is 4.76. The molecule has 0 unspecified atom stereocenters. The Kier molecular flexibility index (Phi) is 5.07. The van der Waals surface area contributed by atoms with E-state index < -0.39 is 10.0 Å². The summed E-state index contributed by atoms with van der Waals surface area (Å²) in [6.07, 6.45) is 3.02. The molecule has 1 fully saturated rings. The second-order valence-corrected chi connectivity index (χ2v) is 7.61. The lowest BCUT2D eigenvalue weighted by molar-refractivity contribution is 0.109.